The summed E-state index contributed by atoms with van der Waals surface area (Å²) >= 11 is 6.77. The van der Waals surface area contributed by atoms with Crippen LogP contribution in [0.15, 0.2) is 27.1 Å². The molecule has 92 valence electrons. The van der Waals surface area contributed by atoms with Gasteiger partial charge in [0.1, 0.15) is 0 Å². The Bertz CT molecular complexity index is 397. The Kier molecular flexibility index (Phi) is 4.59. The summed E-state index contributed by atoms with van der Waals surface area (Å²) in [5.41, 5.74) is 0.678. The summed E-state index contributed by atoms with van der Waals surface area (Å²) in [6.07, 6.45) is 2.17. The summed E-state index contributed by atoms with van der Waals surface area (Å²) < 4.78 is 1.80. The molecule has 0 bridgehead atoms. The fourth-order valence-electron chi connectivity index (χ4n) is 1.93. The van der Waals surface area contributed by atoms with Crippen molar-refractivity contribution in [2.24, 2.45) is 0 Å². The number of piperidine rings is 1. The second-order valence-electron chi connectivity index (χ2n) is 4.17. The van der Waals surface area contributed by atoms with Crippen LogP contribution >= 0.6 is 31.9 Å². The maximum absolute atomic E-state index is 12.0. The van der Waals surface area contributed by atoms with E-state index < -0.39 is 0 Å². The predicted molar refractivity (Wildman–Crippen MR) is 75.2 cm³/mol. The summed E-state index contributed by atoms with van der Waals surface area (Å²) in [6, 6.07) is 5.82. The van der Waals surface area contributed by atoms with Crippen LogP contribution in [0.5, 0.6) is 0 Å². The SMILES string of the molecule is O=C(N[C@@H]1CCCNC1)c1cc(Br)cc(Br)c1. The van der Waals surface area contributed by atoms with Gasteiger partial charge >= 0.3 is 0 Å². The van der Waals surface area contributed by atoms with Crippen molar-refractivity contribution in [3.8, 4) is 0 Å². The molecule has 3 nitrogen and oxygen atoms in total. The number of hydrogen-bond acceptors (Lipinski definition) is 2. The van der Waals surface area contributed by atoms with Gasteiger partial charge in [0.2, 0.25) is 0 Å². The Balaban J connectivity index is 2.03. The minimum Gasteiger partial charge on any atom is -0.348 e. The number of nitrogens with one attached hydrogen (secondary N) is 2. The van der Waals surface area contributed by atoms with Gasteiger partial charge in [0.25, 0.3) is 5.91 Å². The third kappa shape index (κ3) is 3.79. The molecule has 1 aromatic rings. The van der Waals surface area contributed by atoms with E-state index in [2.05, 4.69) is 42.5 Å². The summed E-state index contributed by atoms with van der Waals surface area (Å²) in [5, 5.41) is 6.33. The highest BCUT2D eigenvalue weighted by molar-refractivity contribution is 9.11. The first-order valence-electron chi connectivity index (χ1n) is 5.63. The van der Waals surface area contributed by atoms with Gasteiger partial charge < -0.3 is 10.6 Å². The molecule has 1 fully saturated rings. The number of carbonyl (C=O) groups excluding carboxylic acids is 1. The van der Waals surface area contributed by atoms with Gasteiger partial charge in [-0.25, -0.2) is 0 Å². The summed E-state index contributed by atoms with van der Waals surface area (Å²) in [4.78, 5) is 12.0. The minimum atomic E-state index is -0.0132. The van der Waals surface area contributed by atoms with Gasteiger partial charge in [0, 0.05) is 27.1 Å². The van der Waals surface area contributed by atoms with Crippen molar-refractivity contribution >= 4 is 37.8 Å². The van der Waals surface area contributed by atoms with Gasteiger partial charge in [0.05, 0.1) is 0 Å². The molecule has 1 aromatic carbocycles. The van der Waals surface area contributed by atoms with Gasteiger partial charge in [-0.05, 0) is 37.6 Å². The van der Waals surface area contributed by atoms with Crippen molar-refractivity contribution in [3.63, 3.8) is 0 Å². The molecule has 0 aliphatic carbocycles. The maximum atomic E-state index is 12.0. The van der Waals surface area contributed by atoms with Crippen LogP contribution in [0, 0.1) is 0 Å². The van der Waals surface area contributed by atoms with Gasteiger partial charge in [-0.3, -0.25) is 4.79 Å². The first-order valence-corrected chi connectivity index (χ1v) is 7.21. The van der Waals surface area contributed by atoms with Crippen molar-refractivity contribution in [2.45, 2.75) is 18.9 Å². The Morgan fingerprint density at radius 1 is 1.29 bits per heavy atom. The number of halogens is 2. The molecule has 1 amide bonds. The highest BCUT2D eigenvalue weighted by atomic mass is 79.9. The lowest BCUT2D eigenvalue weighted by molar-refractivity contribution is 0.0930. The molecule has 2 rings (SSSR count). The molecule has 17 heavy (non-hydrogen) atoms. The molecule has 0 unspecified atom stereocenters. The number of carbonyl (C=O) groups is 1. The van der Waals surface area contributed by atoms with Crippen LogP contribution in [0.4, 0.5) is 0 Å². The largest absolute Gasteiger partial charge is 0.348 e. The van der Waals surface area contributed by atoms with Crippen LogP contribution in [0.2, 0.25) is 0 Å². The van der Waals surface area contributed by atoms with Gasteiger partial charge in [-0.1, -0.05) is 31.9 Å². The zero-order chi connectivity index (χ0) is 12.3. The molecule has 1 aliphatic rings. The molecule has 0 radical (unpaired) electrons. The first kappa shape index (κ1) is 13.1. The molecule has 2 N–H and O–H groups in total. The van der Waals surface area contributed by atoms with E-state index in [1.807, 2.05) is 18.2 Å². The minimum absolute atomic E-state index is 0.0132. The van der Waals surface area contributed by atoms with Gasteiger partial charge in [-0.15, -0.1) is 0 Å². The number of benzene rings is 1. The Morgan fingerprint density at radius 3 is 2.59 bits per heavy atom. The Hall–Kier alpha value is -0.390. The van der Waals surface area contributed by atoms with E-state index in [9.17, 15) is 4.79 Å². The lowest BCUT2D eigenvalue weighted by Crippen LogP contribution is -2.45. The number of rotatable bonds is 2. The van der Waals surface area contributed by atoms with E-state index >= 15 is 0 Å². The average molecular weight is 362 g/mol. The third-order valence-corrected chi connectivity index (χ3v) is 3.67. The summed E-state index contributed by atoms with van der Waals surface area (Å²) in [6.45, 7) is 1.91. The van der Waals surface area contributed by atoms with Crippen molar-refractivity contribution in [2.75, 3.05) is 13.1 Å². The second kappa shape index (κ2) is 5.98. The van der Waals surface area contributed by atoms with E-state index in [0.29, 0.717) is 5.56 Å². The van der Waals surface area contributed by atoms with Crippen LogP contribution in [-0.2, 0) is 0 Å². The third-order valence-electron chi connectivity index (χ3n) is 2.76. The van der Waals surface area contributed by atoms with E-state index in [-0.39, 0.29) is 11.9 Å². The Morgan fingerprint density at radius 2 is 2.00 bits per heavy atom. The molecule has 1 saturated heterocycles. The quantitative estimate of drug-likeness (QED) is 0.850. The lowest BCUT2D eigenvalue weighted by Gasteiger charge is -2.23. The normalized spacial score (nSPS) is 20.0. The van der Waals surface area contributed by atoms with Gasteiger partial charge in [0.15, 0.2) is 0 Å². The van der Waals surface area contributed by atoms with Crippen LogP contribution in [0.3, 0.4) is 0 Å². The molecule has 0 saturated carbocycles. The first-order chi connectivity index (χ1) is 8.15. The monoisotopic (exact) mass is 360 g/mol. The molecule has 0 spiro atoms. The molecule has 1 atom stereocenters. The van der Waals surface area contributed by atoms with Crippen molar-refractivity contribution in [3.05, 3.63) is 32.7 Å². The van der Waals surface area contributed by atoms with Crippen LogP contribution < -0.4 is 10.6 Å². The molecular weight excluding hydrogens is 348 g/mol. The summed E-state index contributed by atoms with van der Waals surface area (Å²) in [5.74, 6) is -0.0132. The molecule has 1 aliphatic heterocycles. The standard InChI is InChI=1S/C12H14Br2N2O/c13-9-4-8(5-10(14)6-9)12(17)16-11-2-1-3-15-7-11/h4-6,11,15H,1-3,7H2,(H,16,17)/t11-/m1/s1. The van der Waals surface area contributed by atoms with Crippen LogP contribution in [-0.4, -0.2) is 25.0 Å². The second-order valence-corrected chi connectivity index (χ2v) is 6.01. The predicted octanol–water partition coefficient (Wildman–Crippen LogP) is 2.69. The van der Waals surface area contributed by atoms with Crippen LogP contribution in [0.1, 0.15) is 23.2 Å². The van der Waals surface area contributed by atoms with E-state index in [0.717, 1.165) is 34.9 Å². The van der Waals surface area contributed by atoms with E-state index in [1.165, 1.54) is 0 Å². The maximum Gasteiger partial charge on any atom is 0.251 e. The fourth-order valence-corrected chi connectivity index (χ4v) is 3.22. The number of amides is 1. The van der Waals surface area contributed by atoms with Crippen molar-refractivity contribution in [1.82, 2.24) is 10.6 Å². The highest BCUT2D eigenvalue weighted by Gasteiger charge is 2.16. The topological polar surface area (TPSA) is 41.1 Å². The smallest absolute Gasteiger partial charge is 0.251 e. The fraction of sp³-hybridized carbons (Fsp3) is 0.417. The molecular formula is C12H14Br2N2O. The average Bonchev–Trinajstić information content (AvgIpc) is 2.29. The number of hydrogen-bond donors (Lipinski definition) is 2. The van der Waals surface area contributed by atoms with Crippen molar-refractivity contribution in [1.29, 1.82) is 0 Å². The van der Waals surface area contributed by atoms with Crippen molar-refractivity contribution < 1.29 is 4.79 Å². The van der Waals surface area contributed by atoms with E-state index in [1.54, 1.807) is 0 Å². The Labute approximate surface area is 118 Å². The highest BCUT2D eigenvalue weighted by Crippen LogP contribution is 2.20. The molecule has 1 heterocycles. The van der Waals surface area contributed by atoms with Gasteiger partial charge in [-0.2, -0.15) is 0 Å². The molecule has 5 heteroatoms. The van der Waals surface area contributed by atoms with Crippen LogP contribution in [0.25, 0.3) is 0 Å². The zero-order valence-electron chi connectivity index (χ0n) is 9.30. The molecule has 0 aromatic heterocycles. The lowest BCUT2D eigenvalue weighted by atomic mass is 10.1. The van der Waals surface area contributed by atoms with E-state index in [4.69, 9.17) is 0 Å². The zero-order valence-corrected chi connectivity index (χ0v) is 12.5. The summed E-state index contributed by atoms with van der Waals surface area (Å²) in [7, 11) is 0.